The first kappa shape index (κ1) is 27.3. The van der Waals surface area contributed by atoms with Crippen molar-refractivity contribution in [3.8, 4) is 22.6 Å². The molecule has 5 rings (SSSR count). The van der Waals surface area contributed by atoms with E-state index in [0.29, 0.717) is 47.4 Å². The Balaban J connectivity index is 1.46. The summed E-state index contributed by atoms with van der Waals surface area (Å²) in [6.45, 7) is 1.03. The Morgan fingerprint density at radius 1 is 0.925 bits per heavy atom. The zero-order valence-corrected chi connectivity index (χ0v) is 22.4. The summed E-state index contributed by atoms with van der Waals surface area (Å²) in [4.78, 5) is 15.6. The summed E-state index contributed by atoms with van der Waals surface area (Å²) in [5, 5.41) is 4.22. The monoisotopic (exact) mass is 567 g/mol. The van der Waals surface area contributed by atoms with Gasteiger partial charge in [-0.3, -0.25) is 4.79 Å². The third kappa shape index (κ3) is 5.68. The summed E-state index contributed by atoms with van der Waals surface area (Å²) >= 11 is 0. The van der Waals surface area contributed by atoms with E-state index >= 15 is 0 Å². The molecule has 0 radical (unpaired) electrons. The number of halogens is 2. The SMILES string of the molecule is COc1ccc(-c2c(N3CCN(S(=O)(=O)Cc4ccc(N)cc4)CC3)cnn(-c3cc(F)cc(F)c3)c2=O)cc1. The number of nitrogens with two attached hydrogens (primary N) is 1. The van der Waals surface area contributed by atoms with Crippen LogP contribution >= 0.6 is 0 Å². The van der Waals surface area contributed by atoms with Crippen LogP contribution in [0.25, 0.3) is 16.8 Å². The van der Waals surface area contributed by atoms with Crippen molar-refractivity contribution in [1.29, 1.82) is 0 Å². The molecule has 208 valence electrons. The van der Waals surface area contributed by atoms with Crippen LogP contribution in [0.4, 0.5) is 20.2 Å². The topological polar surface area (TPSA) is 111 Å². The second kappa shape index (κ2) is 11.1. The number of sulfonamides is 1. The molecule has 0 spiro atoms. The van der Waals surface area contributed by atoms with Crippen LogP contribution in [0, 0.1) is 11.6 Å². The highest BCUT2D eigenvalue weighted by Crippen LogP contribution is 2.30. The Morgan fingerprint density at radius 2 is 1.55 bits per heavy atom. The Kier molecular flexibility index (Phi) is 7.55. The van der Waals surface area contributed by atoms with Gasteiger partial charge in [0.1, 0.15) is 17.4 Å². The van der Waals surface area contributed by atoms with E-state index in [2.05, 4.69) is 5.10 Å². The van der Waals surface area contributed by atoms with Crippen LogP contribution in [0.1, 0.15) is 5.56 Å². The minimum absolute atomic E-state index is 0.0533. The predicted molar refractivity (Wildman–Crippen MR) is 149 cm³/mol. The highest BCUT2D eigenvalue weighted by molar-refractivity contribution is 7.88. The summed E-state index contributed by atoms with van der Waals surface area (Å²) in [7, 11) is -2.06. The van der Waals surface area contributed by atoms with Gasteiger partial charge < -0.3 is 15.4 Å². The lowest BCUT2D eigenvalue weighted by Gasteiger charge is -2.36. The molecule has 0 amide bonds. The van der Waals surface area contributed by atoms with Crippen molar-refractivity contribution in [1.82, 2.24) is 14.1 Å². The number of piperazine rings is 1. The first-order chi connectivity index (χ1) is 19.1. The van der Waals surface area contributed by atoms with Gasteiger partial charge in [0.05, 0.1) is 36.0 Å². The molecular formula is C28H27F2N5O4S. The highest BCUT2D eigenvalue weighted by atomic mass is 32.2. The van der Waals surface area contributed by atoms with Crippen molar-refractivity contribution >= 4 is 21.4 Å². The second-order valence-corrected chi connectivity index (χ2v) is 11.3. The van der Waals surface area contributed by atoms with Gasteiger partial charge in [0.2, 0.25) is 10.0 Å². The molecule has 1 aliphatic rings. The number of nitrogens with zero attached hydrogens (tertiary/aromatic N) is 4. The molecule has 1 aliphatic heterocycles. The van der Waals surface area contributed by atoms with E-state index in [9.17, 15) is 22.0 Å². The number of anilines is 2. The Labute approximate surface area is 230 Å². The van der Waals surface area contributed by atoms with Crippen LogP contribution in [-0.4, -0.2) is 55.8 Å². The van der Waals surface area contributed by atoms with E-state index in [4.69, 9.17) is 10.5 Å². The predicted octanol–water partition coefficient (Wildman–Crippen LogP) is 3.42. The summed E-state index contributed by atoms with van der Waals surface area (Å²) < 4.78 is 61.7. The smallest absolute Gasteiger partial charge is 0.281 e. The van der Waals surface area contributed by atoms with Gasteiger partial charge in [0.15, 0.2) is 0 Å². The molecule has 1 aromatic heterocycles. The molecule has 2 N–H and O–H groups in total. The molecule has 12 heteroatoms. The van der Waals surface area contributed by atoms with Crippen molar-refractivity contribution in [2.45, 2.75) is 5.75 Å². The molecule has 1 fully saturated rings. The zero-order valence-electron chi connectivity index (χ0n) is 21.6. The van der Waals surface area contributed by atoms with Crippen LogP contribution in [0.15, 0.2) is 77.7 Å². The largest absolute Gasteiger partial charge is 0.497 e. The van der Waals surface area contributed by atoms with Gasteiger partial charge in [0, 0.05) is 37.9 Å². The Morgan fingerprint density at radius 3 is 2.15 bits per heavy atom. The lowest BCUT2D eigenvalue weighted by molar-refractivity contribution is 0.384. The molecule has 0 bridgehead atoms. The van der Waals surface area contributed by atoms with Crippen LogP contribution in [0.2, 0.25) is 0 Å². The normalized spacial score (nSPS) is 14.3. The lowest BCUT2D eigenvalue weighted by Crippen LogP contribution is -2.49. The minimum atomic E-state index is -3.58. The number of aromatic nitrogens is 2. The van der Waals surface area contributed by atoms with Gasteiger partial charge in [-0.1, -0.05) is 24.3 Å². The molecule has 0 aliphatic carbocycles. The molecule has 40 heavy (non-hydrogen) atoms. The number of hydrogen-bond donors (Lipinski definition) is 1. The van der Waals surface area contributed by atoms with Gasteiger partial charge in [-0.05, 0) is 47.5 Å². The molecule has 2 heterocycles. The third-order valence-electron chi connectivity index (χ3n) is 6.73. The van der Waals surface area contributed by atoms with Crippen LogP contribution in [-0.2, 0) is 15.8 Å². The fourth-order valence-electron chi connectivity index (χ4n) is 4.68. The third-order valence-corrected chi connectivity index (χ3v) is 8.58. The standard InChI is InChI=1S/C28H27F2N5O4S/c1-39-25-8-4-20(5-9-25)27-26(17-32-35(28(27)36)24-15-21(29)14-22(30)16-24)33-10-12-34(13-11-33)40(37,38)18-19-2-6-23(31)7-3-19/h2-9,14-17H,10-13,18,31H2,1H3. The molecule has 9 nitrogen and oxygen atoms in total. The average Bonchev–Trinajstić information content (AvgIpc) is 2.93. The molecule has 0 saturated carbocycles. The summed E-state index contributed by atoms with van der Waals surface area (Å²) in [5.74, 6) is -1.23. The summed E-state index contributed by atoms with van der Waals surface area (Å²) in [6.07, 6.45) is 1.46. The van der Waals surface area contributed by atoms with Gasteiger partial charge in [-0.15, -0.1) is 0 Å². The quantitative estimate of drug-likeness (QED) is 0.341. The average molecular weight is 568 g/mol. The van der Waals surface area contributed by atoms with Crippen LogP contribution in [0.3, 0.4) is 0 Å². The lowest BCUT2D eigenvalue weighted by atomic mass is 10.0. The first-order valence-electron chi connectivity index (χ1n) is 12.4. The number of hydrogen-bond acceptors (Lipinski definition) is 7. The molecule has 0 unspecified atom stereocenters. The van der Waals surface area contributed by atoms with E-state index < -0.39 is 27.2 Å². The Bertz CT molecular complexity index is 1670. The van der Waals surface area contributed by atoms with Crippen molar-refractivity contribution in [3.63, 3.8) is 0 Å². The summed E-state index contributed by atoms with van der Waals surface area (Å²) in [5.41, 5.74) is 7.57. The van der Waals surface area contributed by atoms with E-state index in [1.807, 2.05) is 4.90 Å². The Hall–Kier alpha value is -4.29. The number of rotatable bonds is 7. The number of nitrogen functional groups attached to an aromatic ring is 1. The van der Waals surface area contributed by atoms with Crippen molar-refractivity contribution in [3.05, 3.63) is 100 Å². The summed E-state index contributed by atoms with van der Waals surface area (Å²) in [6, 6.07) is 16.3. The first-order valence-corrected chi connectivity index (χ1v) is 14.1. The second-order valence-electron chi connectivity index (χ2n) is 9.36. The molecule has 1 saturated heterocycles. The van der Waals surface area contributed by atoms with E-state index in [1.54, 1.807) is 48.5 Å². The van der Waals surface area contributed by atoms with E-state index in [1.165, 1.54) is 17.6 Å². The van der Waals surface area contributed by atoms with E-state index in [0.717, 1.165) is 16.8 Å². The molecule has 3 aromatic carbocycles. The van der Waals surface area contributed by atoms with Crippen LogP contribution < -0.4 is 20.9 Å². The fourth-order valence-corrected chi connectivity index (χ4v) is 6.20. The van der Waals surface area contributed by atoms with Gasteiger partial charge >= 0.3 is 0 Å². The minimum Gasteiger partial charge on any atom is -0.497 e. The van der Waals surface area contributed by atoms with Gasteiger partial charge in [0.25, 0.3) is 5.56 Å². The van der Waals surface area contributed by atoms with Crippen molar-refractivity contribution < 1.29 is 21.9 Å². The maximum Gasteiger partial charge on any atom is 0.281 e. The maximum atomic E-state index is 13.9. The van der Waals surface area contributed by atoms with Crippen LogP contribution in [0.5, 0.6) is 5.75 Å². The van der Waals surface area contributed by atoms with Crippen molar-refractivity contribution in [2.24, 2.45) is 0 Å². The maximum absolute atomic E-state index is 13.9. The number of benzene rings is 3. The van der Waals surface area contributed by atoms with Crippen molar-refractivity contribution in [2.75, 3.05) is 43.9 Å². The van der Waals surface area contributed by atoms with Gasteiger partial charge in [-0.25, -0.2) is 17.2 Å². The zero-order chi connectivity index (χ0) is 28.4. The molecule has 4 aromatic rings. The highest BCUT2D eigenvalue weighted by Gasteiger charge is 2.29. The fraction of sp³-hybridized carbons (Fsp3) is 0.214. The van der Waals surface area contributed by atoms with E-state index in [-0.39, 0.29) is 30.1 Å². The number of ether oxygens (including phenoxy) is 1. The molecular weight excluding hydrogens is 540 g/mol. The number of methoxy groups -OCH3 is 1. The van der Waals surface area contributed by atoms with Gasteiger partial charge in [-0.2, -0.15) is 14.1 Å². The molecule has 0 atom stereocenters.